The van der Waals surface area contributed by atoms with Gasteiger partial charge in [0.25, 0.3) is 0 Å². The normalized spacial score (nSPS) is 18.0. The summed E-state index contributed by atoms with van der Waals surface area (Å²) in [7, 11) is 0. The Kier molecular flexibility index (Phi) is 6.71. The average Bonchev–Trinajstić information content (AvgIpc) is 2.77. The molecule has 2 rings (SSSR count). The molecule has 1 aromatic rings. The van der Waals surface area contributed by atoms with Gasteiger partial charge in [-0.1, -0.05) is 19.3 Å². The highest BCUT2D eigenvalue weighted by molar-refractivity contribution is 5.06. The summed E-state index contributed by atoms with van der Waals surface area (Å²) in [6, 6.07) is 2.57. The first-order chi connectivity index (χ1) is 10.1. The van der Waals surface area contributed by atoms with E-state index in [1.54, 1.807) is 0 Å². The van der Waals surface area contributed by atoms with Crippen LogP contribution in [0.25, 0.3) is 0 Å². The summed E-state index contributed by atoms with van der Waals surface area (Å²) in [4.78, 5) is 0. The number of hydrogen-bond donors (Lipinski definition) is 1. The Labute approximate surface area is 129 Å². The molecular weight excluding hydrogens is 262 g/mol. The first-order valence-corrected chi connectivity index (χ1v) is 8.51. The minimum absolute atomic E-state index is 0.442. The molecule has 0 bridgehead atoms. The van der Waals surface area contributed by atoms with E-state index in [0.717, 1.165) is 31.8 Å². The van der Waals surface area contributed by atoms with E-state index in [1.165, 1.54) is 37.8 Å². The van der Waals surface area contributed by atoms with Gasteiger partial charge in [0, 0.05) is 18.3 Å². The summed E-state index contributed by atoms with van der Waals surface area (Å²) < 4.78 is 8.04. The molecule has 0 saturated heterocycles. The fraction of sp³-hybridized carbons (Fsp3) is 0.824. The molecule has 1 saturated carbocycles. The number of aromatic nitrogens is 2. The SMILES string of the molecule is Cc1cc(C)n(C[C@@H](C)NCCCOC2CCCCC2)n1. The van der Waals surface area contributed by atoms with Crippen molar-refractivity contribution in [1.82, 2.24) is 15.1 Å². The van der Waals surface area contributed by atoms with Crippen LogP contribution in [0.2, 0.25) is 0 Å². The third kappa shape index (κ3) is 5.79. The molecule has 1 aliphatic carbocycles. The molecule has 0 aliphatic heterocycles. The Bertz CT molecular complexity index is 410. The van der Waals surface area contributed by atoms with Crippen LogP contribution in [-0.2, 0) is 11.3 Å². The molecule has 21 heavy (non-hydrogen) atoms. The minimum Gasteiger partial charge on any atom is -0.378 e. The average molecular weight is 293 g/mol. The second-order valence-electron chi connectivity index (χ2n) is 6.45. The predicted molar refractivity (Wildman–Crippen MR) is 86.6 cm³/mol. The summed E-state index contributed by atoms with van der Waals surface area (Å²) in [5.41, 5.74) is 2.34. The highest BCUT2D eigenvalue weighted by Crippen LogP contribution is 2.20. The molecule has 1 aliphatic rings. The summed E-state index contributed by atoms with van der Waals surface area (Å²) in [5, 5.41) is 8.07. The summed E-state index contributed by atoms with van der Waals surface area (Å²) in [6.45, 7) is 9.23. The number of ether oxygens (including phenoxy) is 1. The Morgan fingerprint density at radius 3 is 2.76 bits per heavy atom. The van der Waals surface area contributed by atoms with Crippen molar-refractivity contribution in [2.45, 2.75) is 78.0 Å². The number of aryl methyl sites for hydroxylation is 2. The maximum absolute atomic E-state index is 5.95. The summed E-state index contributed by atoms with van der Waals surface area (Å²) in [5.74, 6) is 0. The Hall–Kier alpha value is -0.870. The third-order valence-corrected chi connectivity index (χ3v) is 4.27. The van der Waals surface area contributed by atoms with Gasteiger partial charge < -0.3 is 10.1 Å². The monoisotopic (exact) mass is 293 g/mol. The van der Waals surface area contributed by atoms with Crippen molar-refractivity contribution >= 4 is 0 Å². The summed E-state index contributed by atoms with van der Waals surface area (Å²) in [6.07, 6.45) is 8.25. The number of nitrogens with one attached hydrogen (secondary N) is 1. The molecule has 1 atom stereocenters. The van der Waals surface area contributed by atoms with Gasteiger partial charge >= 0.3 is 0 Å². The van der Waals surface area contributed by atoms with E-state index in [2.05, 4.69) is 35.0 Å². The molecule has 0 radical (unpaired) electrons. The van der Waals surface area contributed by atoms with Gasteiger partial charge in [0.15, 0.2) is 0 Å². The lowest BCUT2D eigenvalue weighted by atomic mass is 9.98. The highest BCUT2D eigenvalue weighted by Gasteiger charge is 2.13. The zero-order chi connectivity index (χ0) is 15.1. The molecule has 0 spiro atoms. The third-order valence-electron chi connectivity index (χ3n) is 4.27. The molecule has 1 heterocycles. The highest BCUT2D eigenvalue weighted by atomic mass is 16.5. The number of nitrogens with zero attached hydrogens (tertiary/aromatic N) is 2. The Balaban J connectivity index is 1.54. The molecule has 4 heteroatoms. The Morgan fingerprint density at radius 2 is 2.10 bits per heavy atom. The maximum atomic E-state index is 5.95. The van der Waals surface area contributed by atoms with Crippen LogP contribution >= 0.6 is 0 Å². The Morgan fingerprint density at radius 1 is 1.33 bits per heavy atom. The lowest BCUT2D eigenvalue weighted by Gasteiger charge is -2.22. The first kappa shape index (κ1) is 16.5. The van der Waals surface area contributed by atoms with Gasteiger partial charge in [-0.3, -0.25) is 4.68 Å². The molecule has 0 unspecified atom stereocenters. The van der Waals surface area contributed by atoms with Crippen molar-refractivity contribution in [1.29, 1.82) is 0 Å². The minimum atomic E-state index is 0.442. The van der Waals surface area contributed by atoms with Crippen LogP contribution in [0.5, 0.6) is 0 Å². The standard InChI is InChI=1S/C17H31N3O/c1-14-12-16(3)20(19-14)13-15(2)18-10-7-11-21-17-8-5-4-6-9-17/h12,15,17-18H,4-11,13H2,1-3H3/t15-/m1/s1. The molecule has 1 aromatic heterocycles. The van der Waals surface area contributed by atoms with E-state index >= 15 is 0 Å². The van der Waals surface area contributed by atoms with Gasteiger partial charge in [-0.2, -0.15) is 5.10 Å². The van der Waals surface area contributed by atoms with Crippen molar-refractivity contribution in [2.75, 3.05) is 13.2 Å². The molecule has 0 aromatic carbocycles. The van der Waals surface area contributed by atoms with Gasteiger partial charge in [0.2, 0.25) is 0 Å². The van der Waals surface area contributed by atoms with Crippen molar-refractivity contribution in [3.05, 3.63) is 17.5 Å². The van der Waals surface area contributed by atoms with Crippen molar-refractivity contribution in [3.63, 3.8) is 0 Å². The second kappa shape index (κ2) is 8.54. The van der Waals surface area contributed by atoms with E-state index in [4.69, 9.17) is 4.74 Å². The van der Waals surface area contributed by atoms with Crippen LogP contribution in [0.3, 0.4) is 0 Å². The van der Waals surface area contributed by atoms with E-state index in [-0.39, 0.29) is 0 Å². The lowest BCUT2D eigenvalue weighted by Crippen LogP contribution is -2.32. The number of rotatable bonds is 8. The predicted octanol–water partition coefficient (Wildman–Crippen LogP) is 3.22. The largest absolute Gasteiger partial charge is 0.378 e. The molecule has 120 valence electrons. The van der Waals surface area contributed by atoms with Gasteiger partial charge in [-0.15, -0.1) is 0 Å². The first-order valence-electron chi connectivity index (χ1n) is 8.51. The number of hydrogen-bond acceptors (Lipinski definition) is 3. The second-order valence-corrected chi connectivity index (χ2v) is 6.45. The fourth-order valence-electron chi connectivity index (χ4n) is 3.09. The molecule has 1 N–H and O–H groups in total. The molecular formula is C17H31N3O. The van der Waals surface area contributed by atoms with Crippen LogP contribution in [-0.4, -0.2) is 35.1 Å². The van der Waals surface area contributed by atoms with Crippen molar-refractivity contribution < 1.29 is 4.74 Å². The van der Waals surface area contributed by atoms with Crippen LogP contribution in [0, 0.1) is 13.8 Å². The molecule has 4 nitrogen and oxygen atoms in total. The quantitative estimate of drug-likeness (QED) is 0.748. The topological polar surface area (TPSA) is 39.1 Å². The van der Waals surface area contributed by atoms with Gasteiger partial charge in [-0.05, 0) is 52.6 Å². The van der Waals surface area contributed by atoms with Crippen LogP contribution in [0.1, 0.15) is 56.8 Å². The van der Waals surface area contributed by atoms with E-state index in [1.807, 2.05) is 6.92 Å². The van der Waals surface area contributed by atoms with Gasteiger partial charge in [0.1, 0.15) is 0 Å². The van der Waals surface area contributed by atoms with Gasteiger partial charge in [-0.25, -0.2) is 0 Å². The van der Waals surface area contributed by atoms with Crippen molar-refractivity contribution in [2.24, 2.45) is 0 Å². The van der Waals surface area contributed by atoms with Crippen molar-refractivity contribution in [3.8, 4) is 0 Å². The van der Waals surface area contributed by atoms with E-state index in [9.17, 15) is 0 Å². The van der Waals surface area contributed by atoms with Gasteiger partial charge in [0.05, 0.1) is 18.3 Å². The molecule has 1 fully saturated rings. The summed E-state index contributed by atoms with van der Waals surface area (Å²) >= 11 is 0. The maximum Gasteiger partial charge on any atom is 0.0596 e. The fourth-order valence-corrected chi connectivity index (χ4v) is 3.09. The van der Waals surface area contributed by atoms with Crippen LogP contribution in [0.4, 0.5) is 0 Å². The smallest absolute Gasteiger partial charge is 0.0596 e. The lowest BCUT2D eigenvalue weighted by molar-refractivity contribution is 0.0271. The zero-order valence-electron chi connectivity index (χ0n) is 13.9. The van der Waals surface area contributed by atoms with E-state index in [0.29, 0.717) is 12.1 Å². The van der Waals surface area contributed by atoms with Crippen LogP contribution < -0.4 is 5.32 Å². The zero-order valence-corrected chi connectivity index (χ0v) is 13.9. The van der Waals surface area contributed by atoms with Crippen LogP contribution in [0.15, 0.2) is 6.07 Å². The van der Waals surface area contributed by atoms with E-state index < -0.39 is 0 Å². The molecule has 0 amide bonds.